The van der Waals surface area contributed by atoms with Crippen LogP contribution in [0.2, 0.25) is 0 Å². The van der Waals surface area contributed by atoms with E-state index in [2.05, 4.69) is 65.8 Å². The molecule has 2 aromatic carbocycles. The van der Waals surface area contributed by atoms with Crippen LogP contribution < -0.4 is 15.4 Å². The van der Waals surface area contributed by atoms with Crippen molar-refractivity contribution in [2.75, 3.05) is 18.8 Å². The van der Waals surface area contributed by atoms with Gasteiger partial charge in [0.1, 0.15) is 5.69 Å². The highest BCUT2D eigenvalue weighted by molar-refractivity contribution is 8.03. The maximum absolute atomic E-state index is 12.3. The fourth-order valence-corrected chi connectivity index (χ4v) is 5.76. The summed E-state index contributed by atoms with van der Waals surface area (Å²) in [5.74, 6) is 0.623. The molecule has 0 atom stereocenters. The Morgan fingerprint density at radius 3 is 2.48 bits per heavy atom. The fourth-order valence-electron chi connectivity index (χ4n) is 3.00. The molecule has 0 saturated heterocycles. The number of nitrogens with one attached hydrogen (secondary N) is 2. The molecule has 2 N–H and O–H groups in total. The zero-order valence-electron chi connectivity index (χ0n) is 18.8. The number of thioether (sulfide) groups is 2. The van der Waals surface area contributed by atoms with Gasteiger partial charge in [0, 0.05) is 5.75 Å². The number of aromatic nitrogens is 2. The van der Waals surface area contributed by atoms with Gasteiger partial charge >= 0.3 is 0 Å². The number of carbonyl (C=O) groups excluding carboxylic acids is 1. The van der Waals surface area contributed by atoms with Crippen molar-refractivity contribution >= 4 is 52.7 Å². The summed E-state index contributed by atoms with van der Waals surface area (Å²) < 4.78 is 1.60. The summed E-state index contributed by atoms with van der Waals surface area (Å²) in [6.45, 7) is 8.06. The molecular weight excluding hydrogens is 474 g/mol. The van der Waals surface area contributed by atoms with Crippen LogP contribution in [0.15, 0.2) is 56.2 Å². The van der Waals surface area contributed by atoms with Crippen LogP contribution in [0.5, 0.6) is 5.75 Å². The molecule has 174 valence electrons. The van der Waals surface area contributed by atoms with Gasteiger partial charge in [-0.15, -0.1) is 10.2 Å². The van der Waals surface area contributed by atoms with E-state index >= 15 is 0 Å². The summed E-state index contributed by atoms with van der Waals surface area (Å²) in [5, 5.41) is 24.5. The summed E-state index contributed by atoms with van der Waals surface area (Å²) in [4.78, 5) is 13.3. The maximum atomic E-state index is 12.3. The lowest BCUT2D eigenvalue weighted by atomic mass is 10.2. The molecule has 0 aliphatic rings. The van der Waals surface area contributed by atoms with Crippen molar-refractivity contribution in [3.8, 4) is 5.75 Å². The van der Waals surface area contributed by atoms with Crippen molar-refractivity contribution in [2.45, 2.75) is 35.2 Å². The minimum atomic E-state index is -0.267. The number of rotatable bonds is 11. The lowest BCUT2D eigenvalue weighted by molar-refractivity contribution is -0.828. The summed E-state index contributed by atoms with van der Waals surface area (Å²) in [7, 11) is 0. The molecule has 0 fully saturated rings. The third kappa shape index (κ3) is 7.85. The van der Waals surface area contributed by atoms with E-state index in [-0.39, 0.29) is 17.4 Å². The maximum Gasteiger partial charge on any atom is 0.250 e. The molecule has 7 nitrogen and oxygen atoms in total. The van der Waals surface area contributed by atoms with Crippen molar-refractivity contribution in [3.63, 3.8) is 0 Å². The van der Waals surface area contributed by atoms with Gasteiger partial charge in [0.2, 0.25) is 0 Å². The average molecular weight is 502 g/mol. The Labute approximate surface area is 206 Å². The summed E-state index contributed by atoms with van der Waals surface area (Å²) in [5.41, 5.74) is 6.35. The molecule has 1 heterocycles. The Morgan fingerprint density at radius 1 is 1.12 bits per heavy atom. The Kier molecular flexibility index (Phi) is 9.74. The topological polar surface area (TPSA) is 94.7 Å². The van der Waals surface area contributed by atoms with Gasteiger partial charge < -0.3 is 10.0 Å². The molecule has 0 aliphatic heterocycles. The lowest BCUT2D eigenvalue weighted by Gasteiger charge is -2.18. The lowest BCUT2D eigenvalue weighted by Crippen LogP contribution is -3.06. The minimum absolute atomic E-state index is 0.108. The van der Waals surface area contributed by atoms with Crippen molar-refractivity contribution in [2.24, 2.45) is 5.10 Å². The first kappa shape index (κ1) is 25.2. The molecule has 0 unspecified atom stereocenters. The normalized spacial score (nSPS) is 11.4. The van der Waals surface area contributed by atoms with Crippen molar-refractivity contribution < 1.29 is 14.8 Å². The number of benzene rings is 2. The first-order valence-corrected chi connectivity index (χ1v) is 13.4. The second-order valence-corrected chi connectivity index (χ2v) is 10.7. The van der Waals surface area contributed by atoms with Crippen LogP contribution in [0, 0.1) is 6.92 Å². The molecule has 1 amide bonds. The number of nitrogens with zero attached hydrogens (tertiary/aromatic N) is 3. The molecule has 33 heavy (non-hydrogen) atoms. The second-order valence-electron chi connectivity index (χ2n) is 7.25. The van der Waals surface area contributed by atoms with E-state index in [9.17, 15) is 9.90 Å². The smallest absolute Gasteiger partial charge is 0.250 e. The predicted octanol–water partition coefficient (Wildman–Crippen LogP) is 3.01. The molecule has 0 bridgehead atoms. The minimum Gasteiger partial charge on any atom is -0.872 e. The number of amides is 1. The number of quaternary nitrogens is 1. The van der Waals surface area contributed by atoms with Crippen LogP contribution in [-0.2, 0) is 10.5 Å². The van der Waals surface area contributed by atoms with Crippen molar-refractivity contribution in [1.82, 2.24) is 15.6 Å². The van der Waals surface area contributed by atoms with Gasteiger partial charge in [0.25, 0.3) is 5.91 Å². The Bertz CT molecular complexity index is 1080. The van der Waals surface area contributed by atoms with E-state index in [1.54, 1.807) is 23.9 Å². The summed E-state index contributed by atoms with van der Waals surface area (Å²) in [6, 6.07) is 13.7. The highest BCUT2D eigenvalue weighted by Crippen LogP contribution is 2.30. The third-order valence-electron chi connectivity index (χ3n) is 4.87. The highest BCUT2D eigenvalue weighted by atomic mass is 32.2. The molecule has 1 aromatic heterocycles. The first-order valence-electron chi connectivity index (χ1n) is 10.6. The van der Waals surface area contributed by atoms with Gasteiger partial charge in [-0.25, -0.2) is 5.43 Å². The number of carbonyl (C=O) groups is 1. The van der Waals surface area contributed by atoms with E-state index in [1.165, 1.54) is 45.3 Å². The van der Waals surface area contributed by atoms with Crippen LogP contribution in [0.4, 0.5) is 5.69 Å². The van der Waals surface area contributed by atoms with E-state index in [4.69, 9.17) is 0 Å². The van der Waals surface area contributed by atoms with E-state index in [1.807, 2.05) is 6.07 Å². The predicted molar refractivity (Wildman–Crippen MR) is 135 cm³/mol. The molecule has 0 aliphatic carbocycles. The molecule has 3 rings (SSSR count). The largest absolute Gasteiger partial charge is 0.872 e. The van der Waals surface area contributed by atoms with E-state index < -0.39 is 0 Å². The zero-order valence-corrected chi connectivity index (χ0v) is 21.3. The van der Waals surface area contributed by atoms with Gasteiger partial charge in [-0.2, -0.15) is 5.10 Å². The van der Waals surface area contributed by atoms with Gasteiger partial charge in [-0.3, -0.25) is 4.79 Å². The van der Waals surface area contributed by atoms with E-state index in [0.717, 1.165) is 33.2 Å². The number of hydrogen-bond acceptors (Lipinski definition) is 8. The van der Waals surface area contributed by atoms with Crippen LogP contribution >= 0.6 is 34.9 Å². The van der Waals surface area contributed by atoms with Crippen molar-refractivity contribution in [3.05, 3.63) is 59.2 Å². The average Bonchev–Trinajstić information content (AvgIpc) is 3.27. The Morgan fingerprint density at radius 2 is 1.82 bits per heavy atom. The monoisotopic (exact) mass is 501 g/mol. The summed E-state index contributed by atoms with van der Waals surface area (Å²) >= 11 is 4.41. The molecule has 10 heteroatoms. The molecular formula is C23H27N5O2S3. The fraction of sp³-hybridized carbons (Fsp3) is 0.304. The van der Waals surface area contributed by atoms with Crippen molar-refractivity contribution in [1.29, 1.82) is 0 Å². The summed E-state index contributed by atoms with van der Waals surface area (Å²) in [6.07, 6.45) is 1.39. The molecule has 3 aromatic rings. The van der Waals surface area contributed by atoms with Gasteiger partial charge in [0.15, 0.2) is 8.68 Å². The van der Waals surface area contributed by atoms with Crippen LogP contribution in [-0.4, -0.2) is 41.2 Å². The molecule has 0 radical (unpaired) electrons. The zero-order chi connectivity index (χ0) is 23.6. The highest BCUT2D eigenvalue weighted by Gasteiger charge is 2.09. The number of hydrogen-bond donors (Lipinski definition) is 2. The number of hydrazone groups is 1. The van der Waals surface area contributed by atoms with Crippen LogP contribution in [0.25, 0.3) is 0 Å². The quantitative estimate of drug-likeness (QED) is 0.238. The third-order valence-corrected chi connectivity index (χ3v) is 8.13. The SMILES string of the molecule is CC[NH+](CC)c1ccc(C=NNC(=O)CSc2nnc(SCc3ccc(C)cc3)s2)c([O-])c1. The first-order chi connectivity index (χ1) is 16.0. The molecule has 0 spiro atoms. The Hall–Kier alpha value is -2.40. The van der Waals surface area contributed by atoms with E-state index in [0.29, 0.717) is 5.56 Å². The second kappa shape index (κ2) is 12.7. The number of aryl methyl sites for hydroxylation is 1. The Balaban J connectivity index is 1.43. The standard InChI is InChI=1S/C23H27N5O2S3/c1-4-28(5-2)19-11-10-18(20(29)12-19)13-24-25-21(30)15-32-23-27-26-22(33-23)31-14-17-8-6-16(3)7-9-17/h6-13,29H,4-5,14-15H2,1-3H3,(H,25,30). The van der Waals surface area contributed by atoms with Gasteiger partial charge in [0.05, 0.1) is 25.1 Å². The van der Waals surface area contributed by atoms with Crippen LogP contribution in [0.1, 0.15) is 30.5 Å². The van der Waals surface area contributed by atoms with Gasteiger partial charge in [-0.1, -0.05) is 70.4 Å². The van der Waals surface area contributed by atoms with Crippen LogP contribution in [0.3, 0.4) is 0 Å². The molecule has 0 saturated carbocycles. The van der Waals surface area contributed by atoms with Gasteiger partial charge in [-0.05, 0) is 50.1 Å².